The van der Waals surface area contributed by atoms with E-state index in [2.05, 4.69) is 27.7 Å². The van der Waals surface area contributed by atoms with Gasteiger partial charge < -0.3 is 35.0 Å². The molecule has 3 saturated carbocycles. The molecule has 5 rings (SSSR count). The number of aliphatic hydroxyl groups excluding tert-OH is 4. The summed E-state index contributed by atoms with van der Waals surface area (Å²) in [5.41, 5.74) is 0.262. The normalized spacial score (nSPS) is 44.6. The minimum absolute atomic E-state index is 0.0239. The quantitative estimate of drug-likeness (QED) is 0.232. The minimum Gasteiger partial charge on any atom is -0.504 e. The lowest BCUT2D eigenvalue weighted by Crippen LogP contribution is -2.61. The number of Topliss-reactive ketones (excluding diaryl/α,β-unsaturated/α-hetero) is 2. The summed E-state index contributed by atoms with van der Waals surface area (Å²) in [7, 11) is 0. The highest BCUT2D eigenvalue weighted by molar-refractivity contribution is 6.00. The van der Waals surface area contributed by atoms with Gasteiger partial charge in [0.15, 0.2) is 18.2 Å². The van der Waals surface area contributed by atoms with Crippen LogP contribution in [0, 0.1) is 52.3 Å². The lowest BCUT2D eigenvalue weighted by molar-refractivity contribution is -0.309. The number of allylic oxidation sites excluding steroid dienone is 2. The second-order valence-electron chi connectivity index (χ2n) is 15.7. The van der Waals surface area contributed by atoms with Gasteiger partial charge in [0.1, 0.15) is 24.1 Å². The molecule has 45 heavy (non-hydrogen) atoms. The van der Waals surface area contributed by atoms with Crippen molar-refractivity contribution in [2.45, 2.75) is 136 Å². The molecule has 5 N–H and O–H groups in total. The Hall–Kier alpha value is -1.85. The Bertz CT molecular complexity index is 1200. The number of carboxylic acids is 1. The molecule has 0 spiro atoms. The van der Waals surface area contributed by atoms with E-state index in [9.17, 15) is 39.9 Å². The number of carbonyl (C=O) groups is 3. The molecule has 0 aromatic heterocycles. The van der Waals surface area contributed by atoms with Crippen molar-refractivity contribution in [1.29, 1.82) is 0 Å². The van der Waals surface area contributed by atoms with E-state index in [-0.39, 0.29) is 64.4 Å². The maximum atomic E-state index is 13.9. The first-order chi connectivity index (χ1) is 21.1. The number of carboxylic acid groups (broad SMARTS) is 1. The second kappa shape index (κ2) is 12.6. The van der Waals surface area contributed by atoms with Gasteiger partial charge in [-0.1, -0.05) is 41.5 Å². The molecule has 0 radical (unpaired) electrons. The summed E-state index contributed by atoms with van der Waals surface area (Å²) in [6.45, 7) is 12.6. The Morgan fingerprint density at radius 1 is 1.00 bits per heavy atom. The highest BCUT2D eigenvalue weighted by atomic mass is 16.7. The van der Waals surface area contributed by atoms with Gasteiger partial charge in [0.2, 0.25) is 5.78 Å². The molecule has 0 amide bonds. The maximum Gasteiger partial charge on any atom is 0.335 e. The summed E-state index contributed by atoms with van der Waals surface area (Å²) in [6, 6.07) is 0. The van der Waals surface area contributed by atoms with Gasteiger partial charge in [0, 0.05) is 23.7 Å². The van der Waals surface area contributed by atoms with Gasteiger partial charge in [-0.05, 0) is 91.9 Å². The zero-order chi connectivity index (χ0) is 33.2. The smallest absolute Gasteiger partial charge is 0.335 e. The van der Waals surface area contributed by atoms with Crippen LogP contribution in [0.5, 0.6) is 0 Å². The highest BCUT2D eigenvalue weighted by Crippen LogP contribution is 2.67. The van der Waals surface area contributed by atoms with E-state index in [0.717, 1.165) is 44.1 Å². The summed E-state index contributed by atoms with van der Waals surface area (Å²) in [6.07, 6.45) is -1.70. The van der Waals surface area contributed by atoms with Crippen LogP contribution in [0.3, 0.4) is 0 Å². The van der Waals surface area contributed by atoms with Gasteiger partial charge in [-0.2, -0.15) is 0 Å². The van der Waals surface area contributed by atoms with Crippen molar-refractivity contribution in [3.63, 3.8) is 0 Å². The predicted octanol–water partition coefficient (Wildman–Crippen LogP) is 4.19. The van der Waals surface area contributed by atoms with Crippen LogP contribution in [0.1, 0.15) is 99.3 Å². The molecule has 10 heteroatoms. The molecular formula is C35H54O10. The number of aliphatic hydroxyl groups is 4. The summed E-state index contributed by atoms with van der Waals surface area (Å²) < 4.78 is 11.5. The van der Waals surface area contributed by atoms with Crippen LogP contribution in [-0.4, -0.2) is 79.9 Å². The summed E-state index contributed by atoms with van der Waals surface area (Å²) >= 11 is 0. The molecule has 14 unspecified atom stereocenters. The van der Waals surface area contributed by atoms with E-state index in [0.29, 0.717) is 25.2 Å². The number of ketones is 2. The number of hydrogen-bond acceptors (Lipinski definition) is 9. The fourth-order valence-corrected chi connectivity index (χ4v) is 10.7. The molecule has 254 valence electrons. The number of carbonyl (C=O) groups excluding carboxylic acids is 2. The topological polar surface area (TPSA) is 171 Å². The van der Waals surface area contributed by atoms with E-state index >= 15 is 0 Å². The van der Waals surface area contributed by atoms with Crippen molar-refractivity contribution in [2.24, 2.45) is 52.3 Å². The Morgan fingerprint density at radius 2 is 1.69 bits per heavy atom. The zero-order valence-corrected chi connectivity index (χ0v) is 27.6. The number of ether oxygens (including phenoxy) is 2. The lowest BCUT2D eigenvalue weighted by Gasteiger charge is -2.60. The first-order valence-electron chi connectivity index (χ1n) is 17.1. The lowest BCUT2D eigenvalue weighted by atomic mass is 9.44. The van der Waals surface area contributed by atoms with Gasteiger partial charge in [0.25, 0.3) is 0 Å². The third kappa shape index (κ3) is 5.70. The van der Waals surface area contributed by atoms with Crippen molar-refractivity contribution >= 4 is 17.5 Å². The molecule has 4 aliphatic carbocycles. The molecule has 5 aliphatic rings. The molecule has 0 aromatic carbocycles. The molecule has 1 aliphatic heterocycles. The van der Waals surface area contributed by atoms with Crippen molar-refractivity contribution in [3.05, 3.63) is 11.3 Å². The second-order valence-corrected chi connectivity index (χ2v) is 15.7. The number of rotatable bonds is 9. The average Bonchev–Trinajstić information content (AvgIpc) is 3.17. The van der Waals surface area contributed by atoms with Crippen LogP contribution in [0.4, 0.5) is 0 Å². The Morgan fingerprint density at radius 3 is 2.31 bits per heavy atom. The molecule has 1 heterocycles. The fraction of sp³-hybridized carbons (Fsp3) is 0.857. The Balaban J connectivity index is 1.28. The van der Waals surface area contributed by atoms with Crippen LogP contribution in [0.2, 0.25) is 0 Å². The Kier molecular flexibility index (Phi) is 9.68. The monoisotopic (exact) mass is 634 g/mol. The molecule has 14 atom stereocenters. The molecule has 10 nitrogen and oxygen atoms in total. The summed E-state index contributed by atoms with van der Waals surface area (Å²) in [5, 5.41) is 51.5. The average molecular weight is 635 g/mol. The predicted molar refractivity (Wildman–Crippen MR) is 164 cm³/mol. The Labute approximate surface area is 266 Å². The van der Waals surface area contributed by atoms with E-state index < -0.39 is 42.1 Å². The highest BCUT2D eigenvalue weighted by Gasteiger charge is 2.63. The number of fused-ring (bicyclic) bond motifs is 5. The number of hydrogen-bond donors (Lipinski definition) is 5. The van der Waals surface area contributed by atoms with Crippen LogP contribution >= 0.6 is 0 Å². The molecule has 1 saturated heterocycles. The third-order valence-corrected chi connectivity index (χ3v) is 13.0. The third-order valence-electron chi connectivity index (χ3n) is 13.0. The molecule has 0 bridgehead atoms. The zero-order valence-electron chi connectivity index (χ0n) is 27.6. The minimum atomic E-state index is -1.76. The van der Waals surface area contributed by atoms with Crippen LogP contribution in [-0.2, 0) is 23.9 Å². The van der Waals surface area contributed by atoms with Gasteiger partial charge in [-0.3, -0.25) is 9.59 Å². The maximum absolute atomic E-state index is 13.9. The van der Waals surface area contributed by atoms with E-state index in [1.807, 2.05) is 13.8 Å². The van der Waals surface area contributed by atoms with E-state index in [1.165, 1.54) is 0 Å². The molecule has 0 aromatic rings. The van der Waals surface area contributed by atoms with Crippen molar-refractivity contribution in [1.82, 2.24) is 0 Å². The van der Waals surface area contributed by atoms with Crippen LogP contribution in [0.15, 0.2) is 11.3 Å². The SMILES string of the molecule is CCC(C(=O)CC(C)C1=C(O)C(=O)C2C3CCC4CC(OC5OC(C(=O)O)C(O)C(O)C5O)CCC4(C)C3CCC12C)C(C)C. The largest absolute Gasteiger partial charge is 0.504 e. The summed E-state index contributed by atoms with van der Waals surface area (Å²) in [5.74, 6) is -1.06. The van der Waals surface area contributed by atoms with Gasteiger partial charge in [0.05, 0.1) is 6.10 Å². The van der Waals surface area contributed by atoms with Crippen molar-refractivity contribution in [3.8, 4) is 0 Å². The van der Waals surface area contributed by atoms with E-state index in [1.54, 1.807) is 0 Å². The van der Waals surface area contributed by atoms with Crippen LogP contribution in [0.25, 0.3) is 0 Å². The molecule has 4 fully saturated rings. The standard InChI is InChI=1S/C35H54O10/c1-7-20(16(2)3)23(36)14-17(4)24-26(37)27(38)25-21-9-8-18-15-19(10-12-34(18,5)22(21)11-13-35(24,25)6)44-33-30(41)28(39)29(40)31(45-33)32(42)43/h16-22,25,28-31,33,37,39-41H,7-15H2,1-6H3,(H,42,43). The summed E-state index contributed by atoms with van der Waals surface area (Å²) in [4.78, 5) is 38.6. The van der Waals surface area contributed by atoms with Crippen LogP contribution < -0.4 is 0 Å². The van der Waals surface area contributed by atoms with Gasteiger partial charge in [-0.25, -0.2) is 4.79 Å². The number of aliphatic carboxylic acids is 1. The van der Waals surface area contributed by atoms with E-state index in [4.69, 9.17) is 9.47 Å². The van der Waals surface area contributed by atoms with Gasteiger partial charge >= 0.3 is 5.97 Å². The van der Waals surface area contributed by atoms with Crippen molar-refractivity contribution < 1.29 is 49.4 Å². The first-order valence-corrected chi connectivity index (χ1v) is 17.1. The first kappa shape index (κ1) is 34.5. The van der Waals surface area contributed by atoms with Crippen molar-refractivity contribution in [2.75, 3.05) is 0 Å². The fourth-order valence-electron chi connectivity index (χ4n) is 10.7. The van der Waals surface area contributed by atoms with Gasteiger partial charge in [-0.15, -0.1) is 0 Å². The molecular weight excluding hydrogens is 580 g/mol.